The van der Waals surface area contributed by atoms with Crippen molar-refractivity contribution in [3.63, 3.8) is 0 Å². The number of amides is 1. The van der Waals surface area contributed by atoms with Crippen LogP contribution in [0.25, 0.3) is 0 Å². The number of nitrogens with zero attached hydrogens (tertiary/aromatic N) is 8. The Bertz CT molecular complexity index is 1300. The number of carbonyl (C=O) groups excluding carboxylic acids is 1. The molecule has 0 radical (unpaired) electrons. The minimum absolute atomic E-state index is 0.0839. The fraction of sp³-hybridized carbons (Fsp3) is 0.250. The van der Waals surface area contributed by atoms with Crippen LogP contribution in [-0.2, 0) is 13.2 Å². The second-order valence-corrected chi connectivity index (χ2v) is 7.31. The number of aromatic nitrogens is 7. The maximum absolute atomic E-state index is 12.8. The first kappa shape index (κ1) is 20.9. The van der Waals surface area contributed by atoms with Crippen LogP contribution in [0.2, 0.25) is 0 Å². The van der Waals surface area contributed by atoms with E-state index in [0.29, 0.717) is 17.9 Å². The zero-order valence-electron chi connectivity index (χ0n) is 17.8. The SMILES string of the molecule is Cc1ccccc1Cn1nc(C)c(NC(=O)c2ccn(Cn3cnc([N+](=O)[O-])n3)n2)c1C. The van der Waals surface area contributed by atoms with Crippen LogP contribution >= 0.6 is 0 Å². The third kappa shape index (κ3) is 4.24. The average Bonchev–Trinajstić information content (AvgIpc) is 3.47. The Balaban J connectivity index is 1.47. The summed E-state index contributed by atoms with van der Waals surface area (Å²) in [6, 6.07) is 9.65. The topological polar surface area (TPSA) is 139 Å². The largest absolute Gasteiger partial charge is 0.491 e. The summed E-state index contributed by atoms with van der Waals surface area (Å²) in [7, 11) is 0. The molecule has 0 aliphatic carbocycles. The minimum atomic E-state index is -0.678. The summed E-state index contributed by atoms with van der Waals surface area (Å²) >= 11 is 0. The van der Waals surface area contributed by atoms with Gasteiger partial charge < -0.3 is 15.4 Å². The Hall–Kier alpha value is -4.35. The number of nitrogens with one attached hydrogen (secondary N) is 1. The van der Waals surface area contributed by atoms with Crippen molar-refractivity contribution in [1.82, 2.24) is 34.3 Å². The highest BCUT2D eigenvalue weighted by atomic mass is 16.6. The third-order valence-electron chi connectivity index (χ3n) is 5.05. The summed E-state index contributed by atoms with van der Waals surface area (Å²) in [5.74, 6) is -0.876. The molecule has 4 rings (SSSR count). The van der Waals surface area contributed by atoms with Crippen LogP contribution in [0.3, 0.4) is 0 Å². The molecule has 0 saturated heterocycles. The number of benzene rings is 1. The van der Waals surface area contributed by atoms with Crippen LogP contribution in [0, 0.1) is 30.9 Å². The molecule has 0 spiro atoms. The molecule has 3 heterocycles. The lowest BCUT2D eigenvalue weighted by Gasteiger charge is -2.08. The zero-order valence-corrected chi connectivity index (χ0v) is 17.8. The molecule has 0 atom stereocenters. The Morgan fingerprint density at radius 1 is 1.09 bits per heavy atom. The number of nitro groups is 1. The van der Waals surface area contributed by atoms with E-state index in [9.17, 15) is 14.9 Å². The zero-order chi connectivity index (χ0) is 22.8. The fourth-order valence-corrected chi connectivity index (χ4v) is 3.30. The Morgan fingerprint density at radius 3 is 2.59 bits per heavy atom. The molecule has 1 amide bonds. The first-order valence-electron chi connectivity index (χ1n) is 9.79. The van der Waals surface area contributed by atoms with E-state index in [1.54, 1.807) is 12.3 Å². The van der Waals surface area contributed by atoms with Crippen molar-refractivity contribution in [1.29, 1.82) is 0 Å². The highest BCUT2D eigenvalue weighted by molar-refractivity contribution is 6.03. The van der Waals surface area contributed by atoms with Crippen molar-refractivity contribution in [2.45, 2.75) is 34.0 Å². The van der Waals surface area contributed by atoms with Crippen molar-refractivity contribution in [3.8, 4) is 0 Å². The molecule has 3 aromatic heterocycles. The van der Waals surface area contributed by atoms with E-state index < -0.39 is 10.9 Å². The van der Waals surface area contributed by atoms with E-state index in [1.165, 1.54) is 21.3 Å². The summed E-state index contributed by atoms with van der Waals surface area (Å²) in [4.78, 5) is 26.4. The molecule has 0 fully saturated rings. The second-order valence-electron chi connectivity index (χ2n) is 7.31. The molecule has 0 unspecified atom stereocenters. The van der Waals surface area contributed by atoms with Gasteiger partial charge in [0.1, 0.15) is 0 Å². The van der Waals surface area contributed by atoms with E-state index in [0.717, 1.165) is 11.3 Å². The summed E-state index contributed by atoms with van der Waals surface area (Å²) in [5, 5.41) is 26.1. The first-order chi connectivity index (χ1) is 15.3. The van der Waals surface area contributed by atoms with Crippen LogP contribution in [0.15, 0.2) is 42.9 Å². The highest BCUT2D eigenvalue weighted by Crippen LogP contribution is 2.22. The lowest BCUT2D eigenvalue weighted by atomic mass is 10.1. The molecule has 0 saturated carbocycles. The second kappa shape index (κ2) is 8.41. The summed E-state index contributed by atoms with van der Waals surface area (Å²) < 4.78 is 4.56. The lowest BCUT2D eigenvalue weighted by Crippen LogP contribution is -2.16. The highest BCUT2D eigenvalue weighted by Gasteiger charge is 2.18. The smallest absolute Gasteiger partial charge is 0.390 e. The maximum Gasteiger partial charge on any atom is 0.491 e. The Morgan fingerprint density at radius 2 is 1.88 bits per heavy atom. The average molecular weight is 435 g/mol. The molecule has 32 heavy (non-hydrogen) atoms. The van der Waals surface area contributed by atoms with Crippen molar-refractivity contribution >= 4 is 17.5 Å². The van der Waals surface area contributed by atoms with Gasteiger partial charge in [-0.05, 0) is 42.9 Å². The van der Waals surface area contributed by atoms with Gasteiger partial charge in [-0.25, -0.2) is 4.68 Å². The molecule has 164 valence electrons. The summed E-state index contributed by atoms with van der Waals surface area (Å²) in [6.07, 6.45) is 2.82. The van der Waals surface area contributed by atoms with Crippen molar-refractivity contribution in [2.24, 2.45) is 0 Å². The molecule has 4 aromatic rings. The molecule has 0 aliphatic heterocycles. The predicted octanol–water partition coefficient (Wildman–Crippen LogP) is 2.31. The maximum atomic E-state index is 12.8. The standard InChI is InChI=1S/C20H21N9O3/c1-13-6-4-5-7-16(13)10-28-15(3)18(14(2)23-28)22-19(30)17-8-9-26(24-17)12-27-11-21-20(25-27)29(31)32/h4-9,11H,10,12H2,1-3H3,(H,22,30). The third-order valence-corrected chi connectivity index (χ3v) is 5.05. The normalized spacial score (nSPS) is 11.0. The Labute approximate surface area is 182 Å². The molecule has 0 aliphatic rings. The van der Waals surface area contributed by atoms with E-state index in [-0.39, 0.29) is 18.3 Å². The minimum Gasteiger partial charge on any atom is -0.390 e. The van der Waals surface area contributed by atoms with Gasteiger partial charge >= 0.3 is 5.95 Å². The van der Waals surface area contributed by atoms with Gasteiger partial charge in [-0.15, -0.1) is 0 Å². The van der Waals surface area contributed by atoms with Gasteiger partial charge in [-0.2, -0.15) is 14.9 Å². The van der Waals surface area contributed by atoms with Gasteiger partial charge in [0.05, 0.1) is 23.6 Å². The van der Waals surface area contributed by atoms with Crippen LogP contribution < -0.4 is 5.32 Å². The van der Waals surface area contributed by atoms with Gasteiger partial charge in [-0.1, -0.05) is 29.2 Å². The first-order valence-corrected chi connectivity index (χ1v) is 9.79. The van der Waals surface area contributed by atoms with Crippen molar-refractivity contribution in [2.75, 3.05) is 5.32 Å². The molecule has 1 N–H and O–H groups in total. The molecule has 0 bridgehead atoms. The van der Waals surface area contributed by atoms with Crippen molar-refractivity contribution < 1.29 is 9.72 Å². The van der Waals surface area contributed by atoms with Gasteiger partial charge in [0.15, 0.2) is 12.4 Å². The summed E-state index contributed by atoms with van der Waals surface area (Å²) in [6.45, 7) is 6.49. The van der Waals surface area contributed by atoms with E-state index in [4.69, 9.17) is 0 Å². The molecule has 1 aromatic carbocycles. The number of anilines is 1. The van der Waals surface area contributed by atoms with Crippen LogP contribution in [-0.4, -0.2) is 45.2 Å². The van der Waals surface area contributed by atoms with Gasteiger partial charge in [0.25, 0.3) is 5.91 Å². The van der Waals surface area contributed by atoms with Crippen molar-refractivity contribution in [3.05, 3.63) is 81.2 Å². The lowest BCUT2D eigenvalue weighted by molar-refractivity contribution is -0.394. The van der Waals surface area contributed by atoms with Crippen LogP contribution in [0.5, 0.6) is 0 Å². The quantitative estimate of drug-likeness (QED) is 0.347. The molecular formula is C20H21N9O3. The predicted molar refractivity (Wildman–Crippen MR) is 114 cm³/mol. The monoisotopic (exact) mass is 435 g/mol. The Kier molecular flexibility index (Phi) is 5.50. The summed E-state index contributed by atoms with van der Waals surface area (Å²) in [5.41, 5.74) is 4.72. The number of aryl methyl sites for hydroxylation is 2. The number of hydrogen-bond donors (Lipinski definition) is 1. The fourth-order valence-electron chi connectivity index (χ4n) is 3.30. The van der Waals surface area contributed by atoms with E-state index in [1.807, 2.05) is 30.7 Å². The number of carbonyl (C=O) groups is 1. The van der Waals surface area contributed by atoms with E-state index in [2.05, 4.69) is 44.7 Å². The van der Waals surface area contributed by atoms with Crippen LogP contribution in [0.4, 0.5) is 11.6 Å². The number of rotatable bonds is 7. The number of hydrogen-bond acceptors (Lipinski definition) is 7. The van der Waals surface area contributed by atoms with Crippen LogP contribution in [0.1, 0.15) is 33.0 Å². The van der Waals surface area contributed by atoms with Gasteiger partial charge in [0, 0.05) is 11.3 Å². The molecular weight excluding hydrogens is 414 g/mol. The molecule has 12 heteroatoms. The molecule has 12 nitrogen and oxygen atoms in total. The van der Waals surface area contributed by atoms with E-state index >= 15 is 0 Å². The van der Waals surface area contributed by atoms with Gasteiger partial charge in [0.2, 0.25) is 6.33 Å². The van der Waals surface area contributed by atoms with Gasteiger partial charge in [-0.3, -0.25) is 9.48 Å².